The molecule has 1 aliphatic heterocycles. The summed E-state index contributed by atoms with van der Waals surface area (Å²) in [7, 11) is 0. The summed E-state index contributed by atoms with van der Waals surface area (Å²) in [4.78, 5) is 12.0. The van der Waals surface area contributed by atoms with Crippen molar-refractivity contribution in [3.05, 3.63) is 53.7 Å². The second kappa shape index (κ2) is 9.44. The van der Waals surface area contributed by atoms with E-state index in [2.05, 4.69) is 10.6 Å². The predicted octanol–water partition coefficient (Wildman–Crippen LogP) is 3.15. The van der Waals surface area contributed by atoms with Gasteiger partial charge in [0.25, 0.3) is 5.91 Å². The fourth-order valence-electron chi connectivity index (χ4n) is 2.70. The number of carbonyl (C=O) groups is 1. The molecule has 2 N–H and O–H groups in total. The second-order valence-corrected chi connectivity index (χ2v) is 5.91. The Balaban J connectivity index is 0.00000225. The average molecular weight is 369 g/mol. The van der Waals surface area contributed by atoms with Gasteiger partial charge in [0, 0.05) is 6.54 Å². The molecule has 0 aliphatic carbocycles. The van der Waals surface area contributed by atoms with Crippen molar-refractivity contribution in [2.45, 2.75) is 19.4 Å². The van der Waals surface area contributed by atoms with E-state index in [0.717, 1.165) is 19.5 Å². The minimum absolute atomic E-state index is 0. The van der Waals surface area contributed by atoms with Gasteiger partial charge in [0.1, 0.15) is 23.9 Å². The Morgan fingerprint density at radius 2 is 2.08 bits per heavy atom. The van der Waals surface area contributed by atoms with Crippen LogP contribution in [-0.2, 0) is 6.61 Å². The molecule has 1 aromatic heterocycles. The van der Waals surface area contributed by atoms with E-state index in [1.807, 2.05) is 0 Å². The van der Waals surface area contributed by atoms with E-state index >= 15 is 0 Å². The van der Waals surface area contributed by atoms with Gasteiger partial charge in [0.05, 0.1) is 0 Å². The van der Waals surface area contributed by atoms with Gasteiger partial charge in [0.2, 0.25) is 0 Å². The highest BCUT2D eigenvalue weighted by atomic mass is 35.5. The van der Waals surface area contributed by atoms with Crippen LogP contribution in [0.25, 0.3) is 0 Å². The Hall–Kier alpha value is -2.05. The van der Waals surface area contributed by atoms with Crippen LogP contribution in [-0.4, -0.2) is 25.5 Å². The van der Waals surface area contributed by atoms with Crippen LogP contribution < -0.4 is 15.4 Å². The van der Waals surface area contributed by atoms with Gasteiger partial charge >= 0.3 is 0 Å². The number of rotatable bonds is 7. The van der Waals surface area contributed by atoms with E-state index in [1.54, 1.807) is 24.3 Å². The number of benzene rings is 1. The van der Waals surface area contributed by atoms with Crippen molar-refractivity contribution in [2.75, 3.05) is 19.6 Å². The maximum atomic E-state index is 12.8. The Morgan fingerprint density at radius 3 is 2.80 bits per heavy atom. The molecule has 0 spiro atoms. The zero-order chi connectivity index (χ0) is 16.8. The number of hydrogen-bond donors (Lipinski definition) is 2. The lowest BCUT2D eigenvalue weighted by Gasteiger charge is -2.08. The molecule has 1 amide bonds. The lowest BCUT2D eigenvalue weighted by Crippen LogP contribution is -2.26. The number of hydrogen-bond acceptors (Lipinski definition) is 4. The topological polar surface area (TPSA) is 63.5 Å². The minimum atomic E-state index is -0.312. The largest absolute Gasteiger partial charge is 0.486 e. The van der Waals surface area contributed by atoms with E-state index < -0.39 is 0 Å². The molecular formula is C18H22ClFN2O3. The van der Waals surface area contributed by atoms with Crippen LogP contribution in [0.4, 0.5) is 4.39 Å². The molecule has 0 saturated carbocycles. The summed E-state index contributed by atoms with van der Waals surface area (Å²) in [5.74, 6) is 1.48. The summed E-state index contributed by atoms with van der Waals surface area (Å²) >= 11 is 0. The molecule has 136 valence electrons. The molecule has 1 unspecified atom stereocenters. The summed E-state index contributed by atoms with van der Waals surface area (Å²) in [6.07, 6.45) is 2.14. The Kier molecular flexibility index (Phi) is 7.28. The Bertz CT molecular complexity index is 669. The van der Waals surface area contributed by atoms with Crippen molar-refractivity contribution in [3.63, 3.8) is 0 Å². The van der Waals surface area contributed by atoms with Crippen LogP contribution in [0.3, 0.4) is 0 Å². The molecule has 3 rings (SSSR count). The molecule has 0 radical (unpaired) electrons. The van der Waals surface area contributed by atoms with Crippen molar-refractivity contribution in [1.29, 1.82) is 0 Å². The number of nitrogens with one attached hydrogen (secondary N) is 2. The summed E-state index contributed by atoms with van der Waals surface area (Å²) in [5.41, 5.74) is 0. The minimum Gasteiger partial charge on any atom is -0.486 e. The summed E-state index contributed by atoms with van der Waals surface area (Å²) in [5, 5.41) is 6.19. The number of carbonyl (C=O) groups excluding carboxylic acids is 1. The second-order valence-electron chi connectivity index (χ2n) is 5.91. The molecular weight excluding hydrogens is 347 g/mol. The smallest absolute Gasteiger partial charge is 0.286 e. The predicted molar refractivity (Wildman–Crippen MR) is 94.6 cm³/mol. The van der Waals surface area contributed by atoms with Gasteiger partial charge < -0.3 is 19.8 Å². The summed E-state index contributed by atoms with van der Waals surface area (Å²) in [6.45, 7) is 2.93. The van der Waals surface area contributed by atoms with Crippen LogP contribution in [0, 0.1) is 11.7 Å². The highest BCUT2D eigenvalue weighted by Gasteiger charge is 2.15. The first-order valence-electron chi connectivity index (χ1n) is 8.17. The fraction of sp³-hybridized carbons (Fsp3) is 0.389. The van der Waals surface area contributed by atoms with Crippen molar-refractivity contribution in [1.82, 2.24) is 10.6 Å². The molecule has 5 nitrogen and oxygen atoms in total. The van der Waals surface area contributed by atoms with Gasteiger partial charge in [-0.15, -0.1) is 12.4 Å². The maximum Gasteiger partial charge on any atom is 0.286 e. The zero-order valence-corrected chi connectivity index (χ0v) is 14.6. The van der Waals surface area contributed by atoms with Crippen LogP contribution in [0.1, 0.15) is 29.2 Å². The van der Waals surface area contributed by atoms with Gasteiger partial charge in [-0.3, -0.25) is 4.79 Å². The van der Waals surface area contributed by atoms with Gasteiger partial charge in [-0.2, -0.15) is 0 Å². The fourth-order valence-corrected chi connectivity index (χ4v) is 2.70. The zero-order valence-electron chi connectivity index (χ0n) is 13.8. The molecule has 1 aliphatic rings. The number of amides is 1. The lowest BCUT2D eigenvalue weighted by atomic mass is 10.1. The maximum absolute atomic E-state index is 12.8. The molecule has 1 saturated heterocycles. The first-order valence-corrected chi connectivity index (χ1v) is 8.17. The van der Waals surface area contributed by atoms with E-state index in [9.17, 15) is 9.18 Å². The van der Waals surface area contributed by atoms with Gasteiger partial charge in [-0.05, 0) is 68.2 Å². The van der Waals surface area contributed by atoms with Crippen molar-refractivity contribution in [3.8, 4) is 5.75 Å². The van der Waals surface area contributed by atoms with E-state index in [1.165, 1.54) is 18.6 Å². The summed E-state index contributed by atoms with van der Waals surface area (Å²) in [6, 6.07) is 9.09. The quantitative estimate of drug-likeness (QED) is 0.788. The standard InChI is InChI=1S/C18H21FN2O3.ClH/c19-14-1-3-15(4-2-14)23-12-16-5-6-17(24-16)18(22)21-10-8-13-7-9-20-11-13;/h1-6,13,20H,7-12H2,(H,21,22);1H. The van der Waals surface area contributed by atoms with Crippen LogP contribution in [0.15, 0.2) is 40.8 Å². The van der Waals surface area contributed by atoms with Crippen molar-refractivity contribution in [2.24, 2.45) is 5.92 Å². The number of halogens is 2. The highest BCUT2D eigenvalue weighted by molar-refractivity contribution is 5.91. The third kappa shape index (κ3) is 5.76. The van der Waals surface area contributed by atoms with E-state index in [4.69, 9.17) is 9.15 Å². The number of furan rings is 1. The molecule has 2 heterocycles. The molecule has 7 heteroatoms. The first kappa shape index (κ1) is 19.3. The van der Waals surface area contributed by atoms with Crippen molar-refractivity contribution >= 4 is 18.3 Å². The molecule has 0 bridgehead atoms. The lowest BCUT2D eigenvalue weighted by molar-refractivity contribution is 0.0920. The van der Waals surface area contributed by atoms with Gasteiger partial charge in [0.15, 0.2) is 5.76 Å². The molecule has 1 aromatic carbocycles. The van der Waals surface area contributed by atoms with Crippen LogP contribution in [0.2, 0.25) is 0 Å². The Labute approximate surface area is 152 Å². The van der Waals surface area contributed by atoms with Crippen molar-refractivity contribution < 1.29 is 18.3 Å². The Morgan fingerprint density at radius 1 is 1.28 bits per heavy atom. The van der Waals surface area contributed by atoms with Gasteiger partial charge in [-0.1, -0.05) is 0 Å². The SMILES string of the molecule is Cl.O=C(NCCC1CCNC1)c1ccc(COc2ccc(F)cc2)o1. The summed E-state index contributed by atoms with van der Waals surface area (Å²) < 4.78 is 23.8. The molecule has 2 aromatic rings. The van der Waals surface area contributed by atoms with E-state index in [-0.39, 0.29) is 36.5 Å². The first-order chi connectivity index (χ1) is 11.7. The molecule has 25 heavy (non-hydrogen) atoms. The van der Waals surface area contributed by atoms with E-state index in [0.29, 0.717) is 24.0 Å². The highest BCUT2D eigenvalue weighted by Crippen LogP contribution is 2.15. The third-order valence-corrected chi connectivity index (χ3v) is 4.08. The molecule has 1 atom stereocenters. The van der Waals surface area contributed by atoms with Crippen LogP contribution >= 0.6 is 12.4 Å². The number of ether oxygens (including phenoxy) is 1. The van der Waals surface area contributed by atoms with Gasteiger partial charge in [-0.25, -0.2) is 4.39 Å². The monoisotopic (exact) mass is 368 g/mol. The molecule has 1 fully saturated rings. The third-order valence-electron chi connectivity index (χ3n) is 4.08. The normalized spacial score (nSPS) is 16.3. The van der Waals surface area contributed by atoms with Crippen LogP contribution in [0.5, 0.6) is 5.75 Å². The average Bonchev–Trinajstić information content (AvgIpc) is 3.26.